The molecule has 0 aliphatic rings. The van der Waals surface area contributed by atoms with Gasteiger partial charge in [-0.2, -0.15) is 10.1 Å². The predicted octanol–water partition coefficient (Wildman–Crippen LogP) is 3.04. The van der Waals surface area contributed by atoms with Crippen molar-refractivity contribution in [3.63, 3.8) is 0 Å². The van der Waals surface area contributed by atoms with Crippen molar-refractivity contribution in [2.24, 2.45) is 0 Å². The van der Waals surface area contributed by atoms with Gasteiger partial charge in [-0.25, -0.2) is 23.8 Å². The first-order chi connectivity index (χ1) is 11.6. The maximum atomic E-state index is 13.9. The Bertz CT molecular complexity index is 1040. The van der Waals surface area contributed by atoms with Crippen LogP contribution in [-0.2, 0) is 6.42 Å². The monoisotopic (exact) mass is 346 g/mol. The van der Waals surface area contributed by atoms with Crippen LogP contribution in [-0.4, -0.2) is 29.5 Å². The topological polar surface area (TPSA) is 71.8 Å². The van der Waals surface area contributed by atoms with Crippen LogP contribution in [0.25, 0.3) is 17.2 Å². The third kappa shape index (κ3) is 2.61. The molecule has 24 heavy (non-hydrogen) atoms. The number of aromatic amines is 1. The molecule has 6 nitrogen and oxygen atoms in total. The molecule has 0 saturated carbocycles. The van der Waals surface area contributed by atoms with Gasteiger partial charge < -0.3 is 4.40 Å². The Balaban J connectivity index is 1.84. The Labute approximate surface area is 139 Å². The van der Waals surface area contributed by atoms with Crippen molar-refractivity contribution in [1.82, 2.24) is 29.5 Å². The van der Waals surface area contributed by atoms with Gasteiger partial charge in [0.2, 0.25) is 11.1 Å². The summed E-state index contributed by atoms with van der Waals surface area (Å²) in [4.78, 5) is 12.7. The number of H-pyrrole nitrogens is 1. The summed E-state index contributed by atoms with van der Waals surface area (Å²) >= 11 is 5.75. The molecule has 4 aromatic rings. The molecule has 0 amide bonds. The van der Waals surface area contributed by atoms with Crippen molar-refractivity contribution < 1.29 is 8.78 Å². The van der Waals surface area contributed by atoms with Crippen LogP contribution >= 0.6 is 11.6 Å². The molecular weight excluding hydrogens is 338 g/mol. The van der Waals surface area contributed by atoms with Gasteiger partial charge in [-0.3, -0.25) is 0 Å². The van der Waals surface area contributed by atoms with Crippen LogP contribution in [0.4, 0.5) is 8.78 Å². The van der Waals surface area contributed by atoms with E-state index in [9.17, 15) is 8.78 Å². The van der Waals surface area contributed by atoms with Gasteiger partial charge >= 0.3 is 0 Å². The van der Waals surface area contributed by atoms with Crippen LogP contribution in [0.15, 0.2) is 36.8 Å². The van der Waals surface area contributed by atoms with E-state index in [-0.39, 0.29) is 17.3 Å². The molecule has 0 atom stereocenters. The van der Waals surface area contributed by atoms with E-state index in [1.807, 2.05) is 0 Å². The second-order valence-corrected chi connectivity index (χ2v) is 5.45. The van der Waals surface area contributed by atoms with Gasteiger partial charge in [0.1, 0.15) is 17.3 Å². The van der Waals surface area contributed by atoms with Crippen LogP contribution in [0.2, 0.25) is 5.28 Å². The molecular formula is C15H9ClF2N6. The van der Waals surface area contributed by atoms with Crippen molar-refractivity contribution in [1.29, 1.82) is 0 Å². The third-order valence-corrected chi connectivity index (χ3v) is 3.67. The van der Waals surface area contributed by atoms with E-state index in [0.29, 0.717) is 22.9 Å². The van der Waals surface area contributed by atoms with Gasteiger partial charge in [0.25, 0.3) is 0 Å². The molecule has 0 bridgehead atoms. The van der Waals surface area contributed by atoms with Gasteiger partial charge in [0, 0.05) is 25.0 Å². The summed E-state index contributed by atoms with van der Waals surface area (Å²) < 4.78 is 29.1. The van der Waals surface area contributed by atoms with Gasteiger partial charge in [-0.15, -0.1) is 0 Å². The molecule has 0 saturated heterocycles. The number of aromatic nitrogens is 6. The van der Waals surface area contributed by atoms with Crippen molar-refractivity contribution in [3.05, 3.63) is 65.0 Å². The number of benzene rings is 1. The molecule has 0 aliphatic heterocycles. The molecule has 3 aromatic heterocycles. The number of hydrogen-bond donors (Lipinski definition) is 1. The molecule has 1 aromatic carbocycles. The summed E-state index contributed by atoms with van der Waals surface area (Å²) in [7, 11) is 0. The Morgan fingerprint density at radius 1 is 1.21 bits per heavy atom. The first-order valence-corrected chi connectivity index (χ1v) is 7.33. The Hall–Kier alpha value is -2.87. The van der Waals surface area contributed by atoms with Crippen LogP contribution < -0.4 is 0 Å². The molecule has 120 valence electrons. The SMILES string of the molecule is Fc1ccc(F)c(Cc2nc(-c3n[nH]c(Cl)n3)cn3ccnc23)c1. The Kier molecular flexibility index (Phi) is 3.46. The maximum absolute atomic E-state index is 13.9. The van der Waals surface area contributed by atoms with Crippen molar-refractivity contribution in [2.75, 3.05) is 0 Å². The zero-order chi connectivity index (χ0) is 16.7. The smallest absolute Gasteiger partial charge is 0.218 e. The van der Waals surface area contributed by atoms with Crippen molar-refractivity contribution in [2.45, 2.75) is 6.42 Å². The number of hydrogen-bond acceptors (Lipinski definition) is 4. The molecule has 4 rings (SSSR count). The first kappa shape index (κ1) is 14.7. The lowest BCUT2D eigenvalue weighted by Crippen LogP contribution is -2.03. The molecule has 1 N–H and O–H groups in total. The lowest BCUT2D eigenvalue weighted by Gasteiger charge is -2.07. The summed E-state index contributed by atoms with van der Waals surface area (Å²) in [5.41, 5.74) is 1.65. The molecule has 0 unspecified atom stereocenters. The average molecular weight is 347 g/mol. The van der Waals surface area contributed by atoms with Crippen LogP contribution in [0, 0.1) is 11.6 Å². The van der Waals surface area contributed by atoms with Gasteiger partial charge in [-0.1, -0.05) is 0 Å². The molecule has 0 spiro atoms. The highest BCUT2D eigenvalue weighted by Gasteiger charge is 2.15. The molecule has 0 aliphatic carbocycles. The van der Waals surface area contributed by atoms with Crippen LogP contribution in [0.1, 0.15) is 11.3 Å². The molecule has 0 fully saturated rings. The number of imidazole rings is 1. The second-order valence-electron chi connectivity index (χ2n) is 5.09. The summed E-state index contributed by atoms with van der Waals surface area (Å²) in [5.74, 6) is -0.714. The summed E-state index contributed by atoms with van der Waals surface area (Å²) in [5, 5.41) is 6.62. The Morgan fingerprint density at radius 3 is 2.88 bits per heavy atom. The minimum atomic E-state index is -0.511. The number of halogens is 3. The van der Waals surface area contributed by atoms with E-state index >= 15 is 0 Å². The maximum Gasteiger partial charge on any atom is 0.218 e. The fourth-order valence-corrected chi connectivity index (χ4v) is 2.56. The summed E-state index contributed by atoms with van der Waals surface area (Å²) in [6.07, 6.45) is 5.08. The van der Waals surface area contributed by atoms with Crippen molar-refractivity contribution >= 4 is 17.2 Å². The lowest BCUT2D eigenvalue weighted by molar-refractivity contribution is 0.588. The van der Waals surface area contributed by atoms with Gasteiger partial charge in [0.15, 0.2) is 5.65 Å². The van der Waals surface area contributed by atoms with E-state index in [4.69, 9.17) is 11.6 Å². The standard InChI is InChI=1S/C15H9ClF2N6/c16-15-21-13(22-23-15)12-7-24-4-3-19-14(24)11(20-12)6-8-5-9(17)1-2-10(8)18/h1-5,7H,6H2,(H,21,22,23). The average Bonchev–Trinajstić information content (AvgIpc) is 3.19. The van der Waals surface area contributed by atoms with Gasteiger partial charge in [0.05, 0.1) is 5.69 Å². The number of nitrogens with one attached hydrogen (secondary N) is 1. The summed E-state index contributed by atoms with van der Waals surface area (Å²) in [6, 6.07) is 3.31. The molecule has 3 heterocycles. The highest BCUT2D eigenvalue weighted by molar-refractivity contribution is 6.28. The molecule has 0 radical (unpaired) electrons. The minimum Gasteiger partial charge on any atom is -0.303 e. The number of fused-ring (bicyclic) bond motifs is 1. The molecule has 9 heteroatoms. The largest absolute Gasteiger partial charge is 0.303 e. The fourth-order valence-electron chi connectivity index (χ4n) is 2.44. The predicted molar refractivity (Wildman–Crippen MR) is 82.5 cm³/mol. The van der Waals surface area contributed by atoms with E-state index in [0.717, 1.165) is 18.2 Å². The van der Waals surface area contributed by atoms with E-state index in [2.05, 4.69) is 25.1 Å². The quantitative estimate of drug-likeness (QED) is 0.619. The zero-order valence-corrected chi connectivity index (χ0v) is 12.8. The highest BCUT2D eigenvalue weighted by Crippen LogP contribution is 2.20. The first-order valence-electron chi connectivity index (χ1n) is 6.95. The van der Waals surface area contributed by atoms with Gasteiger partial charge in [-0.05, 0) is 35.4 Å². The summed E-state index contributed by atoms with van der Waals surface area (Å²) in [6.45, 7) is 0. The highest BCUT2D eigenvalue weighted by atomic mass is 35.5. The van der Waals surface area contributed by atoms with Crippen molar-refractivity contribution in [3.8, 4) is 11.5 Å². The second kappa shape index (κ2) is 5.64. The normalized spacial score (nSPS) is 11.3. The van der Waals surface area contributed by atoms with Crippen LogP contribution in [0.5, 0.6) is 0 Å². The van der Waals surface area contributed by atoms with E-state index < -0.39 is 11.6 Å². The number of rotatable bonds is 3. The fraction of sp³-hybridized carbons (Fsp3) is 0.0667. The number of nitrogens with zero attached hydrogens (tertiary/aromatic N) is 5. The minimum absolute atomic E-state index is 0.0795. The van der Waals surface area contributed by atoms with E-state index in [1.54, 1.807) is 23.0 Å². The van der Waals surface area contributed by atoms with E-state index in [1.165, 1.54) is 0 Å². The Morgan fingerprint density at radius 2 is 2.08 bits per heavy atom. The lowest BCUT2D eigenvalue weighted by atomic mass is 10.1. The zero-order valence-electron chi connectivity index (χ0n) is 12.0. The van der Waals surface area contributed by atoms with Crippen LogP contribution in [0.3, 0.4) is 0 Å². The third-order valence-electron chi connectivity index (χ3n) is 3.50.